The van der Waals surface area contributed by atoms with Crippen molar-refractivity contribution in [3.8, 4) is 17.6 Å². The normalized spacial score (nSPS) is 18.0. The van der Waals surface area contributed by atoms with Crippen molar-refractivity contribution in [3.63, 3.8) is 0 Å². The fraction of sp³-hybridized carbons (Fsp3) is 0.280. The molecule has 164 valence electrons. The van der Waals surface area contributed by atoms with Crippen LogP contribution in [0.1, 0.15) is 43.2 Å². The van der Waals surface area contributed by atoms with Crippen molar-refractivity contribution in [1.29, 1.82) is 5.26 Å². The number of nitrogens with zero attached hydrogens (tertiary/aromatic N) is 1. The molecule has 0 bridgehead atoms. The Balaban J connectivity index is 1.69. The Bertz CT molecular complexity index is 1150. The number of Topliss-reactive ketones (excluding diaryl/α,β-unsaturated/α-hetero) is 1. The first-order chi connectivity index (χ1) is 15.5. The molecule has 1 aliphatic heterocycles. The van der Waals surface area contributed by atoms with E-state index in [1.54, 1.807) is 6.07 Å². The van der Waals surface area contributed by atoms with Gasteiger partial charge in [-0.1, -0.05) is 29.8 Å². The molecule has 0 unspecified atom stereocenters. The Labute approximate surface area is 191 Å². The quantitative estimate of drug-likeness (QED) is 0.655. The molecule has 0 saturated heterocycles. The molecule has 2 aromatic rings. The summed E-state index contributed by atoms with van der Waals surface area (Å²) in [7, 11) is 0. The minimum Gasteiger partial charge on any atom is -0.490 e. The van der Waals surface area contributed by atoms with E-state index in [2.05, 4.69) is 6.07 Å². The standard InChI is InChI=1S/C25H23ClN2O4/c1-2-30-22-12-16(8-11-20(22)31-14-15-6-9-17(26)10-7-15)23-18(13-27)25(28)32-21-5-3-4-19(29)24(21)23/h6-12,23H,2-5,14,28H2,1H3/t23-/m1/s1. The SMILES string of the molecule is CCOc1cc([C@@H]2C(C#N)=C(N)OC3=C2C(=O)CCC3)ccc1OCc1ccc(Cl)cc1. The van der Waals surface area contributed by atoms with Crippen LogP contribution in [0.25, 0.3) is 0 Å². The zero-order valence-electron chi connectivity index (χ0n) is 17.7. The first kappa shape index (κ1) is 21.8. The third-order valence-corrected chi connectivity index (χ3v) is 5.77. The smallest absolute Gasteiger partial charge is 0.205 e. The lowest BCUT2D eigenvalue weighted by atomic mass is 9.77. The van der Waals surface area contributed by atoms with Crippen LogP contribution in [0.4, 0.5) is 0 Å². The van der Waals surface area contributed by atoms with E-state index in [9.17, 15) is 10.1 Å². The number of hydrogen-bond donors (Lipinski definition) is 1. The molecule has 0 saturated carbocycles. The van der Waals surface area contributed by atoms with Crippen LogP contribution in [0.15, 0.2) is 65.3 Å². The summed E-state index contributed by atoms with van der Waals surface area (Å²) < 4.78 is 17.5. The molecule has 1 atom stereocenters. The molecule has 0 aromatic heterocycles. The van der Waals surface area contributed by atoms with Crippen LogP contribution in [-0.4, -0.2) is 12.4 Å². The summed E-state index contributed by atoms with van der Waals surface area (Å²) in [5, 5.41) is 10.4. The van der Waals surface area contributed by atoms with Crippen LogP contribution >= 0.6 is 11.6 Å². The molecule has 1 aliphatic carbocycles. The van der Waals surface area contributed by atoms with Crippen molar-refractivity contribution in [3.05, 3.63) is 81.4 Å². The number of ketones is 1. The predicted molar refractivity (Wildman–Crippen MR) is 120 cm³/mol. The molecule has 32 heavy (non-hydrogen) atoms. The van der Waals surface area contributed by atoms with Gasteiger partial charge in [0.05, 0.1) is 12.5 Å². The lowest BCUT2D eigenvalue weighted by molar-refractivity contribution is -0.116. The van der Waals surface area contributed by atoms with Gasteiger partial charge in [-0.2, -0.15) is 5.26 Å². The fourth-order valence-electron chi connectivity index (χ4n) is 4.02. The number of allylic oxidation sites excluding steroid dienone is 3. The molecule has 0 radical (unpaired) electrons. The minimum absolute atomic E-state index is 0.0162. The van der Waals surface area contributed by atoms with Crippen LogP contribution in [0, 0.1) is 11.3 Å². The van der Waals surface area contributed by atoms with Crippen LogP contribution in [0.3, 0.4) is 0 Å². The molecule has 0 fully saturated rings. The van der Waals surface area contributed by atoms with E-state index < -0.39 is 5.92 Å². The minimum atomic E-state index is -0.582. The average molecular weight is 451 g/mol. The fourth-order valence-corrected chi connectivity index (χ4v) is 4.15. The Hall–Kier alpha value is -3.43. The van der Waals surface area contributed by atoms with Crippen molar-refractivity contribution in [2.24, 2.45) is 5.73 Å². The van der Waals surface area contributed by atoms with Crippen molar-refractivity contribution in [2.45, 2.75) is 38.7 Å². The largest absolute Gasteiger partial charge is 0.490 e. The second-order valence-electron chi connectivity index (χ2n) is 7.59. The molecule has 7 heteroatoms. The van der Waals surface area contributed by atoms with Gasteiger partial charge in [0.2, 0.25) is 5.88 Å². The number of carbonyl (C=O) groups is 1. The summed E-state index contributed by atoms with van der Waals surface area (Å²) in [6, 6.07) is 15.0. The molecule has 4 rings (SSSR count). The third-order valence-electron chi connectivity index (χ3n) is 5.51. The van der Waals surface area contributed by atoms with Gasteiger partial charge < -0.3 is 19.9 Å². The molecule has 1 heterocycles. The van der Waals surface area contributed by atoms with E-state index in [4.69, 9.17) is 31.5 Å². The molecule has 0 spiro atoms. The van der Waals surface area contributed by atoms with Gasteiger partial charge in [0.25, 0.3) is 0 Å². The lowest BCUT2D eigenvalue weighted by Crippen LogP contribution is -2.27. The lowest BCUT2D eigenvalue weighted by Gasteiger charge is -2.31. The van der Waals surface area contributed by atoms with Crippen LogP contribution in [0.5, 0.6) is 11.5 Å². The third kappa shape index (κ3) is 4.30. The highest BCUT2D eigenvalue weighted by atomic mass is 35.5. The van der Waals surface area contributed by atoms with Crippen molar-refractivity contribution < 1.29 is 19.0 Å². The summed E-state index contributed by atoms with van der Waals surface area (Å²) in [4.78, 5) is 12.8. The van der Waals surface area contributed by atoms with Gasteiger partial charge in [0.15, 0.2) is 17.3 Å². The highest BCUT2D eigenvalue weighted by Crippen LogP contribution is 2.45. The van der Waals surface area contributed by atoms with Gasteiger partial charge >= 0.3 is 0 Å². The molecule has 2 aromatic carbocycles. The maximum atomic E-state index is 12.8. The Kier molecular flexibility index (Phi) is 6.38. The Morgan fingerprint density at radius 3 is 2.66 bits per heavy atom. The maximum absolute atomic E-state index is 12.8. The topological polar surface area (TPSA) is 94.6 Å². The van der Waals surface area contributed by atoms with Gasteiger partial charge in [-0.05, 0) is 48.7 Å². The number of halogens is 1. The number of benzene rings is 2. The average Bonchev–Trinajstić information content (AvgIpc) is 2.79. The number of carbonyl (C=O) groups excluding carboxylic acids is 1. The molecule has 6 nitrogen and oxygen atoms in total. The van der Waals surface area contributed by atoms with E-state index in [0.29, 0.717) is 60.3 Å². The summed E-state index contributed by atoms with van der Waals surface area (Å²) in [6.45, 7) is 2.66. The number of hydrogen-bond acceptors (Lipinski definition) is 6. The molecular formula is C25H23ClN2O4. The van der Waals surface area contributed by atoms with Gasteiger partial charge in [0.1, 0.15) is 24.0 Å². The number of nitrogens with two attached hydrogens (primary N) is 1. The number of ether oxygens (including phenoxy) is 3. The summed E-state index contributed by atoms with van der Waals surface area (Å²) in [6.07, 6.45) is 1.76. The first-order valence-corrected chi connectivity index (χ1v) is 10.9. The molecule has 2 aliphatic rings. The summed E-state index contributed by atoms with van der Waals surface area (Å²) >= 11 is 5.95. The van der Waals surface area contributed by atoms with E-state index >= 15 is 0 Å². The monoisotopic (exact) mass is 450 g/mol. The van der Waals surface area contributed by atoms with Crippen molar-refractivity contribution in [1.82, 2.24) is 0 Å². The number of nitriles is 1. The summed E-state index contributed by atoms with van der Waals surface area (Å²) in [5.74, 6) is 1.11. The summed E-state index contributed by atoms with van der Waals surface area (Å²) in [5.41, 5.74) is 8.49. The highest BCUT2D eigenvalue weighted by molar-refractivity contribution is 6.30. The van der Waals surface area contributed by atoms with Gasteiger partial charge in [-0.3, -0.25) is 4.79 Å². The molecular weight excluding hydrogens is 428 g/mol. The Morgan fingerprint density at radius 1 is 1.16 bits per heavy atom. The first-order valence-electron chi connectivity index (χ1n) is 10.5. The second-order valence-corrected chi connectivity index (χ2v) is 8.03. The Morgan fingerprint density at radius 2 is 1.94 bits per heavy atom. The van der Waals surface area contributed by atoms with Crippen molar-refractivity contribution >= 4 is 17.4 Å². The van der Waals surface area contributed by atoms with E-state index in [1.807, 2.05) is 43.3 Å². The van der Waals surface area contributed by atoms with E-state index in [0.717, 1.165) is 11.1 Å². The van der Waals surface area contributed by atoms with E-state index in [1.165, 1.54) is 0 Å². The van der Waals surface area contributed by atoms with Gasteiger partial charge in [-0.15, -0.1) is 0 Å². The van der Waals surface area contributed by atoms with Gasteiger partial charge in [0, 0.05) is 23.4 Å². The van der Waals surface area contributed by atoms with E-state index in [-0.39, 0.29) is 17.2 Å². The predicted octanol–water partition coefficient (Wildman–Crippen LogP) is 5.13. The number of rotatable bonds is 6. The highest BCUT2D eigenvalue weighted by Gasteiger charge is 2.38. The molecule has 0 amide bonds. The zero-order chi connectivity index (χ0) is 22.7. The van der Waals surface area contributed by atoms with Gasteiger partial charge in [-0.25, -0.2) is 0 Å². The zero-order valence-corrected chi connectivity index (χ0v) is 18.4. The van der Waals surface area contributed by atoms with Crippen LogP contribution in [0.2, 0.25) is 5.02 Å². The second kappa shape index (κ2) is 9.37. The van der Waals surface area contributed by atoms with Crippen LogP contribution in [-0.2, 0) is 16.1 Å². The molecule has 2 N–H and O–H groups in total. The van der Waals surface area contributed by atoms with Crippen molar-refractivity contribution in [2.75, 3.05) is 6.61 Å². The van der Waals surface area contributed by atoms with Crippen LogP contribution < -0.4 is 15.2 Å². The maximum Gasteiger partial charge on any atom is 0.205 e.